The predicted molar refractivity (Wildman–Crippen MR) is 83.2 cm³/mol. The van der Waals surface area contributed by atoms with Crippen LogP contribution in [0.15, 0.2) is 48.5 Å². The summed E-state index contributed by atoms with van der Waals surface area (Å²) in [6, 6.07) is 17.7. The van der Waals surface area contributed by atoms with Crippen molar-refractivity contribution in [2.45, 2.75) is 32.2 Å². The van der Waals surface area contributed by atoms with Crippen LogP contribution in [0.3, 0.4) is 0 Å². The number of hydrogen-bond donors (Lipinski definition) is 2. The minimum absolute atomic E-state index is 0.239. The molecular weight excluding hydrogens is 244 g/mol. The van der Waals surface area contributed by atoms with Gasteiger partial charge in [0.15, 0.2) is 0 Å². The molecule has 20 heavy (non-hydrogen) atoms. The number of benzene rings is 2. The predicted octanol–water partition coefficient (Wildman–Crippen LogP) is 3.30. The minimum atomic E-state index is 0.239. The molecule has 0 fully saturated rings. The maximum absolute atomic E-state index is 5.86. The number of hydrazine groups is 1. The molecule has 0 spiro atoms. The van der Waals surface area contributed by atoms with Gasteiger partial charge in [-0.2, -0.15) is 0 Å². The van der Waals surface area contributed by atoms with Crippen molar-refractivity contribution in [2.24, 2.45) is 11.8 Å². The molecule has 1 aliphatic carbocycles. The van der Waals surface area contributed by atoms with E-state index in [1.807, 2.05) is 0 Å². The maximum Gasteiger partial charge on any atom is 0.0491 e. The molecule has 0 heterocycles. The number of nitrogens with one attached hydrogen (secondary N) is 1. The Morgan fingerprint density at radius 1 is 1.10 bits per heavy atom. The van der Waals surface area contributed by atoms with Gasteiger partial charge in [0.2, 0.25) is 0 Å². The highest BCUT2D eigenvalue weighted by Crippen LogP contribution is 2.33. The summed E-state index contributed by atoms with van der Waals surface area (Å²) in [5, 5.41) is 0. The summed E-state index contributed by atoms with van der Waals surface area (Å²) >= 11 is 0. The van der Waals surface area contributed by atoms with Crippen molar-refractivity contribution in [3.63, 3.8) is 0 Å². The number of rotatable bonds is 3. The summed E-state index contributed by atoms with van der Waals surface area (Å²) in [7, 11) is 0. The van der Waals surface area contributed by atoms with E-state index in [0.717, 1.165) is 12.8 Å². The second-order valence-corrected chi connectivity index (χ2v) is 5.83. The molecule has 3 N–H and O–H groups in total. The summed E-state index contributed by atoms with van der Waals surface area (Å²) in [5.41, 5.74) is 8.63. The van der Waals surface area contributed by atoms with Crippen molar-refractivity contribution in [1.82, 2.24) is 5.43 Å². The number of hydrogen-bond acceptors (Lipinski definition) is 2. The highest BCUT2D eigenvalue weighted by molar-refractivity contribution is 5.32. The first-order valence-electron chi connectivity index (χ1n) is 7.37. The van der Waals surface area contributed by atoms with Crippen molar-refractivity contribution in [3.8, 4) is 0 Å². The normalized spacial score (nSPS) is 19.4. The monoisotopic (exact) mass is 266 g/mol. The Hall–Kier alpha value is -1.64. The maximum atomic E-state index is 5.86. The van der Waals surface area contributed by atoms with E-state index in [2.05, 4.69) is 60.9 Å². The van der Waals surface area contributed by atoms with Gasteiger partial charge in [0, 0.05) is 6.04 Å². The van der Waals surface area contributed by atoms with Crippen LogP contribution in [0.25, 0.3) is 0 Å². The van der Waals surface area contributed by atoms with E-state index in [1.165, 1.54) is 28.7 Å². The van der Waals surface area contributed by atoms with E-state index in [1.54, 1.807) is 0 Å². The van der Waals surface area contributed by atoms with Gasteiger partial charge in [0.25, 0.3) is 0 Å². The molecule has 2 aromatic carbocycles. The Labute approximate surface area is 121 Å². The van der Waals surface area contributed by atoms with Gasteiger partial charge in [0.05, 0.1) is 0 Å². The summed E-state index contributed by atoms with van der Waals surface area (Å²) < 4.78 is 0. The van der Waals surface area contributed by atoms with Crippen LogP contribution in [0.4, 0.5) is 0 Å². The number of fused-ring (bicyclic) bond motifs is 1. The highest BCUT2D eigenvalue weighted by Gasteiger charge is 2.26. The average molecular weight is 266 g/mol. The molecule has 2 unspecified atom stereocenters. The van der Waals surface area contributed by atoms with Gasteiger partial charge in [-0.3, -0.25) is 11.3 Å². The van der Waals surface area contributed by atoms with Gasteiger partial charge in [-0.1, -0.05) is 54.1 Å². The van der Waals surface area contributed by atoms with Crippen molar-refractivity contribution in [1.29, 1.82) is 0 Å². The fraction of sp³-hybridized carbons (Fsp3) is 0.333. The smallest absolute Gasteiger partial charge is 0.0491 e. The van der Waals surface area contributed by atoms with E-state index >= 15 is 0 Å². The van der Waals surface area contributed by atoms with Crippen LogP contribution in [0.2, 0.25) is 0 Å². The first kappa shape index (κ1) is 13.3. The molecule has 0 saturated heterocycles. The number of aryl methyl sites for hydroxylation is 2. The molecule has 0 bridgehead atoms. The quantitative estimate of drug-likeness (QED) is 0.661. The average Bonchev–Trinajstić information content (AvgIpc) is 2.48. The molecule has 0 saturated carbocycles. The Balaban J connectivity index is 1.85. The van der Waals surface area contributed by atoms with Gasteiger partial charge >= 0.3 is 0 Å². The van der Waals surface area contributed by atoms with Crippen molar-refractivity contribution in [3.05, 3.63) is 70.8 Å². The first-order valence-corrected chi connectivity index (χ1v) is 7.37. The van der Waals surface area contributed by atoms with Gasteiger partial charge in [-0.25, -0.2) is 0 Å². The molecule has 0 amide bonds. The zero-order valence-corrected chi connectivity index (χ0v) is 12.0. The van der Waals surface area contributed by atoms with Gasteiger partial charge < -0.3 is 0 Å². The molecular formula is C18H22N2. The van der Waals surface area contributed by atoms with E-state index in [-0.39, 0.29) is 6.04 Å². The molecule has 2 aromatic rings. The van der Waals surface area contributed by atoms with Crippen molar-refractivity contribution < 1.29 is 0 Å². The van der Waals surface area contributed by atoms with Crippen LogP contribution in [-0.2, 0) is 12.8 Å². The fourth-order valence-electron chi connectivity index (χ4n) is 3.38. The summed E-state index contributed by atoms with van der Waals surface area (Å²) in [6.07, 6.45) is 3.46. The summed E-state index contributed by atoms with van der Waals surface area (Å²) in [4.78, 5) is 0. The molecule has 2 nitrogen and oxygen atoms in total. The van der Waals surface area contributed by atoms with E-state index < -0.39 is 0 Å². The lowest BCUT2D eigenvalue weighted by Gasteiger charge is -2.31. The van der Waals surface area contributed by atoms with Crippen LogP contribution in [0.1, 0.15) is 34.7 Å². The molecule has 0 radical (unpaired) electrons. The molecule has 1 aliphatic rings. The van der Waals surface area contributed by atoms with Gasteiger partial charge in [-0.15, -0.1) is 0 Å². The molecule has 0 aromatic heterocycles. The number of nitrogens with two attached hydrogens (primary N) is 1. The highest BCUT2D eigenvalue weighted by atomic mass is 15.2. The third-order valence-electron chi connectivity index (χ3n) is 4.44. The Kier molecular flexibility index (Phi) is 3.86. The molecule has 2 heteroatoms. The second kappa shape index (κ2) is 5.78. The zero-order valence-electron chi connectivity index (χ0n) is 12.0. The SMILES string of the molecule is Cc1cccc(C(NN)C2CCc3ccccc3C2)c1. The Morgan fingerprint density at radius 2 is 1.90 bits per heavy atom. The largest absolute Gasteiger partial charge is 0.271 e. The van der Waals surface area contributed by atoms with Crippen LogP contribution in [0.5, 0.6) is 0 Å². The lowest BCUT2D eigenvalue weighted by Crippen LogP contribution is -2.36. The van der Waals surface area contributed by atoms with E-state index in [4.69, 9.17) is 5.84 Å². The summed E-state index contributed by atoms with van der Waals surface area (Å²) in [6.45, 7) is 2.13. The van der Waals surface area contributed by atoms with Crippen LogP contribution in [0, 0.1) is 12.8 Å². The minimum Gasteiger partial charge on any atom is -0.271 e. The second-order valence-electron chi connectivity index (χ2n) is 5.83. The van der Waals surface area contributed by atoms with E-state index in [0.29, 0.717) is 5.92 Å². The standard InChI is InChI=1S/C18H22N2/c1-13-5-4-8-16(11-13)18(20-19)17-10-9-14-6-2-3-7-15(14)12-17/h2-8,11,17-18,20H,9-10,12,19H2,1H3. The van der Waals surface area contributed by atoms with E-state index in [9.17, 15) is 0 Å². The molecule has 3 rings (SSSR count). The fourth-order valence-corrected chi connectivity index (χ4v) is 3.38. The van der Waals surface area contributed by atoms with Crippen LogP contribution >= 0.6 is 0 Å². The van der Waals surface area contributed by atoms with Crippen LogP contribution in [-0.4, -0.2) is 0 Å². The molecule has 0 aliphatic heterocycles. The van der Waals surface area contributed by atoms with Gasteiger partial charge in [0.1, 0.15) is 0 Å². The Morgan fingerprint density at radius 3 is 2.65 bits per heavy atom. The Bertz CT molecular complexity index is 591. The lowest BCUT2D eigenvalue weighted by atomic mass is 9.78. The van der Waals surface area contributed by atoms with Crippen molar-refractivity contribution in [2.75, 3.05) is 0 Å². The lowest BCUT2D eigenvalue weighted by molar-refractivity contribution is 0.329. The summed E-state index contributed by atoms with van der Waals surface area (Å²) in [5.74, 6) is 6.42. The topological polar surface area (TPSA) is 38.0 Å². The molecule has 2 atom stereocenters. The van der Waals surface area contributed by atoms with Crippen LogP contribution < -0.4 is 11.3 Å². The zero-order chi connectivity index (χ0) is 13.9. The molecule has 104 valence electrons. The third-order valence-corrected chi connectivity index (χ3v) is 4.44. The van der Waals surface area contributed by atoms with Gasteiger partial charge in [-0.05, 0) is 48.8 Å². The first-order chi connectivity index (χ1) is 9.78. The third kappa shape index (κ3) is 2.62. The van der Waals surface area contributed by atoms with Crippen molar-refractivity contribution >= 4 is 0 Å².